The molecule has 2 amide bonds. The Morgan fingerprint density at radius 3 is 2.29 bits per heavy atom. The highest BCUT2D eigenvalue weighted by atomic mass is 35.5. The van der Waals surface area contributed by atoms with Crippen LogP contribution in [0.15, 0.2) is 42.5 Å². The van der Waals surface area contributed by atoms with E-state index in [1.165, 1.54) is 12.8 Å². The van der Waals surface area contributed by atoms with Crippen LogP contribution in [-0.4, -0.2) is 54.9 Å². The van der Waals surface area contributed by atoms with Crippen LogP contribution in [0.25, 0.3) is 0 Å². The van der Waals surface area contributed by atoms with Gasteiger partial charge in [0, 0.05) is 48.2 Å². The predicted octanol–water partition coefficient (Wildman–Crippen LogP) is 5.18. The molecule has 2 aromatic rings. The molecule has 0 bridgehead atoms. The first-order chi connectivity index (χ1) is 16.6. The molecule has 0 atom stereocenters. The standard InChI is InChI=1S/C27H33ClN2O4/c1-33-25-18-21(10-11-24(25)34-19-22-8-4-5-9-23(22)28)27(32)30-16-12-20(13-17-30)26(31)29-14-6-2-3-7-15-29/h4-5,8-11,18,20H,2-3,6-7,12-17,19H2,1H3. The van der Waals surface area contributed by atoms with Crippen molar-refractivity contribution in [2.24, 2.45) is 5.92 Å². The Hall–Kier alpha value is -2.73. The number of carbonyl (C=O) groups is 2. The zero-order valence-electron chi connectivity index (χ0n) is 19.8. The molecule has 182 valence electrons. The summed E-state index contributed by atoms with van der Waals surface area (Å²) in [4.78, 5) is 30.0. The summed E-state index contributed by atoms with van der Waals surface area (Å²) in [5, 5.41) is 0.644. The fraction of sp³-hybridized carbons (Fsp3) is 0.481. The second-order valence-corrected chi connectivity index (χ2v) is 9.46. The summed E-state index contributed by atoms with van der Waals surface area (Å²) in [6.07, 6.45) is 6.06. The maximum absolute atomic E-state index is 13.1. The summed E-state index contributed by atoms with van der Waals surface area (Å²) < 4.78 is 11.4. The first-order valence-electron chi connectivity index (χ1n) is 12.2. The molecule has 0 N–H and O–H groups in total. The number of piperidine rings is 1. The molecule has 2 aliphatic heterocycles. The third-order valence-corrected chi connectivity index (χ3v) is 7.17. The molecule has 0 saturated carbocycles. The molecule has 2 heterocycles. The van der Waals surface area contributed by atoms with Gasteiger partial charge in [-0.2, -0.15) is 0 Å². The number of amides is 2. The molecule has 2 saturated heterocycles. The number of hydrogen-bond donors (Lipinski definition) is 0. The lowest BCUT2D eigenvalue weighted by molar-refractivity contribution is -0.136. The number of ether oxygens (including phenoxy) is 2. The molecule has 4 rings (SSSR count). The fourth-order valence-electron chi connectivity index (χ4n) is 4.75. The highest BCUT2D eigenvalue weighted by Crippen LogP contribution is 2.31. The lowest BCUT2D eigenvalue weighted by atomic mass is 9.94. The van der Waals surface area contributed by atoms with Crippen molar-refractivity contribution in [3.05, 3.63) is 58.6 Å². The monoisotopic (exact) mass is 484 g/mol. The number of halogens is 1. The summed E-state index contributed by atoms with van der Waals surface area (Å²) in [6, 6.07) is 12.8. The van der Waals surface area contributed by atoms with Crippen LogP contribution >= 0.6 is 11.6 Å². The van der Waals surface area contributed by atoms with Crippen LogP contribution in [0.4, 0.5) is 0 Å². The third-order valence-electron chi connectivity index (χ3n) is 6.80. The molecule has 7 heteroatoms. The Labute approximate surface area is 206 Å². The van der Waals surface area contributed by atoms with Crippen LogP contribution in [0.1, 0.15) is 54.4 Å². The van der Waals surface area contributed by atoms with Crippen molar-refractivity contribution >= 4 is 23.4 Å². The summed E-state index contributed by atoms with van der Waals surface area (Å²) in [5.74, 6) is 1.31. The van der Waals surface area contributed by atoms with Gasteiger partial charge in [0.1, 0.15) is 6.61 Å². The van der Waals surface area contributed by atoms with Crippen LogP contribution in [0, 0.1) is 5.92 Å². The van der Waals surface area contributed by atoms with E-state index in [4.69, 9.17) is 21.1 Å². The molecule has 0 aromatic heterocycles. The Balaban J connectivity index is 1.34. The lowest BCUT2D eigenvalue weighted by Gasteiger charge is -2.34. The third kappa shape index (κ3) is 5.84. The SMILES string of the molecule is COc1cc(C(=O)N2CCC(C(=O)N3CCCCCC3)CC2)ccc1OCc1ccccc1Cl. The van der Waals surface area contributed by atoms with E-state index in [1.807, 2.05) is 34.1 Å². The molecule has 0 unspecified atom stereocenters. The molecular formula is C27H33ClN2O4. The van der Waals surface area contributed by atoms with Crippen molar-refractivity contribution in [2.75, 3.05) is 33.3 Å². The van der Waals surface area contributed by atoms with Crippen molar-refractivity contribution in [3.8, 4) is 11.5 Å². The minimum absolute atomic E-state index is 0.0253. The quantitative estimate of drug-likeness (QED) is 0.566. The van der Waals surface area contributed by atoms with E-state index in [0.29, 0.717) is 41.8 Å². The van der Waals surface area contributed by atoms with E-state index in [9.17, 15) is 9.59 Å². The van der Waals surface area contributed by atoms with Crippen molar-refractivity contribution in [1.82, 2.24) is 9.80 Å². The minimum atomic E-state index is -0.0448. The molecule has 2 fully saturated rings. The number of methoxy groups -OCH3 is 1. The maximum Gasteiger partial charge on any atom is 0.253 e. The van der Waals surface area contributed by atoms with Crippen molar-refractivity contribution in [3.63, 3.8) is 0 Å². The molecule has 34 heavy (non-hydrogen) atoms. The van der Waals surface area contributed by atoms with Gasteiger partial charge in [-0.25, -0.2) is 0 Å². The molecule has 6 nitrogen and oxygen atoms in total. The van der Waals surface area contributed by atoms with Gasteiger partial charge in [-0.05, 0) is 49.9 Å². The minimum Gasteiger partial charge on any atom is -0.493 e. The van der Waals surface area contributed by atoms with Crippen molar-refractivity contribution < 1.29 is 19.1 Å². The van der Waals surface area contributed by atoms with Crippen LogP contribution in [0.2, 0.25) is 5.02 Å². The van der Waals surface area contributed by atoms with E-state index in [0.717, 1.165) is 44.3 Å². The number of benzene rings is 2. The molecule has 0 radical (unpaired) electrons. The van der Waals surface area contributed by atoms with Gasteiger partial charge in [0.25, 0.3) is 5.91 Å². The van der Waals surface area contributed by atoms with Crippen LogP contribution in [0.3, 0.4) is 0 Å². The number of carbonyl (C=O) groups excluding carboxylic acids is 2. The largest absolute Gasteiger partial charge is 0.493 e. The van der Waals surface area contributed by atoms with E-state index in [-0.39, 0.29) is 17.7 Å². The number of nitrogens with zero attached hydrogens (tertiary/aromatic N) is 2. The first kappa shape index (κ1) is 24.4. The van der Waals surface area contributed by atoms with Crippen LogP contribution in [-0.2, 0) is 11.4 Å². The smallest absolute Gasteiger partial charge is 0.253 e. The molecular weight excluding hydrogens is 452 g/mol. The number of likely N-dealkylation sites (tertiary alicyclic amines) is 2. The lowest BCUT2D eigenvalue weighted by Crippen LogP contribution is -2.44. The molecule has 0 aliphatic carbocycles. The van der Waals surface area contributed by atoms with Gasteiger partial charge in [0.05, 0.1) is 7.11 Å². The summed E-state index contributed by atoms with van der Waals surface area (Å²) in [7, 11) is 1.56. The highest BCUT2D eigenvalue weighted by molar-refractivity contribution is 6.31. The Bertz CT molecular complexity index is 996. The van der Waals surface area contributed by atoms with Gasteiger partial charge < -0.3 is 19.3 Å². The normalized spacial score (nSPS) is 17.2. The van der Waals surface area contributed by atoms with Gasteiger partial charge in [0.2, 0.25) is 5.91 Å². The summed E-state index contributed by atoms with van der Waals surface area (Å²) >= 11 is 6.21. The van der Waals surface area contributed by atoms with Crippen molar-refractivity contribution in [1.29, 1.82) is 0 Å². The van der Waals surface area contributed by atoms with Crippen LogP contribution < -0.4 is 9.47 Å². The Morgan fingerprint density at radius 2 is 1.62 bits per heavy atom. The average molecular weight is 485 g/mol. The van der Waals surface area contributed by atoms with E-state index < -0.39 is 0 Å². The van der Waals surface area contributed by atoms with Gasteiger partial charge >= 0.3 is 0 Å². The van der Waals surface area contributed by atoms with Gasteiger partial charge in [-0.1, -0.05) is 42.6 Å². The number of rotatable bonds is 6. The zero-order valence-corrected chi connectivity index (χ0v) is 20.6. The highest BCUT2D eigenvalue weighted by Gasteiger charge is 2.31. The Kier molecular flexibility index (Phi) is 8.33. The van der Waals surface area contributed by atoms with E-state index in [2.05, 4.69) is 0 Å². The van der Waals surface area contributed by atoms with Gasteiger partial charge in [-0.3, -0.25) is 9.59 Å². The van der Waals surface area contributed by atoms with E-state index >= 15 is 0 Å². The van der Waals surface area contributed by atoms with Gasteiger partial charge in [-0.15, -0.1) is 0 Å². The van der Waals surface area contributed by atoms with Gasteiger partial charge in [0.15, 0.2) is 11.5 Å². The second-order valence-electron chi connectivity index (χ2n) is 9.05. The summed E-state index contributed by atoms with van der Waals surface area (Å²) in [6.45, 7) is 3.25. The molecule has 0 spiro atoms. The first-order valence-corrected chi connectivity index (χ1v) is 12.6. The van der Waals surface area contributed by atoms with Crippen LogP contribution in [0.5, 0.6) is 11.5 Å². The number of hydrogen-bond acceptors (Lipinski definition) is 4. The zero-order chi connectivity index (χ0) is 23.9. The summed E-state index contributed by atoms with van der Waals surface area (Å²) in [5.41, 5.74) is 1.43. The fourth-order valence-corrected chi connectivity index (χ4v) is 4.94. The molecule has 2 aliphatic rings. The van der Waals surface area contributed by atoms with Crippen molar-refractivity contribution in [2.45, 2.75) is 45.1 Å². The van der Waals surface area contributed by atoms with E-state index in [1.54, 1.807) is 25.3 Å². The average Bonchev–Trinajstić information content (AvgIpc) is 3.17. The predicted molar refractivity (Wildman–Crippen MR) is 132 cm³/mol. The molecule has 2 aromatic carbocycles. The second kappa shape index (κ2) is 11.6. The maximum atomic E-state index is 13.1. The topological polar surface area (TPSA) is 59.1 Å². The Morgan fingerprint density at radius 1 is 0.912 bits per heavy atom.